The maximum Gasteiger partial charge on any atom is 0.126 e. The van der Waals surface area contributed by atoms with Crippen molar-refractivity contribution in [2.45, 2.75) is 25.6 Å². The molecule has 0 aliphatic rings. The Morgan fingerprint density at radius 1 is 0.833 bits per heavy atom. The van der Waals surface area contributed by atoms with Crippen molar-refractivity contribution in [3.05, 3.63) is 70.0 Å². The number of alkyl halides is 1. The van der Waals surface area contributed by atoms with Gasteiger partial charge in [-0.25, -0.2) is 4.39 Å². The zero-order valence-electron chi connectivity index (χ0n) is 10.8. The van der Waals surface area contributed by atoms with Crippen molar-refractivity contribution in [3.63, 3.8) is 0 Å². The Hall–Kier alpha value is -1.15. The van der Waals surface area contributed by atoms with Crippen LogP contribution >= 0.6 is 15.9 Å². The summed E-state index contributed by atoms with van der Waals surface area (Å²) in [5.41, 5.74) is 5.52. The quantitative estimate of drug-likeness (QED) is 0.666. The van der Waals surface area contributed by atoms with Crippen molar-refractivity contribution >= 4 is 15.9 Å². The molecule has 2 rings (SSSR count). The molecule has 0 bridgehead atoms. The maximum absolute atomic E-state index is 13.3. The van der Waals surface area contributed by atoms with Crippen LogP contribution in [0.5, 0.6) is 0 Å². The van der Waals surface area contributed by atoms with Gasteiger partial charge in [-0.1, -0.05) is 46.3 Å². The van der Waals surface area contributed by atoms with E-state index in [0.29, 0.717) is 5.56 Å². The molecule has 2 aromatic rings. The Morgan fingerprint density at radius 2 is 1.39 bits per heavy atom. The third-order valence-electron chi connectivity index (χ3n) is 3.30. The van der Waals surface area contributed by atoms with Crippen LogP contribution in [0.4, 0.5) is 4.39 Å². The van der Waals surface area contributed by atoms with Crippen molar-refractivity contribution < 1.29 is 4.39 Å². The summed E-state index contributed by atoms with van der Waals surface area (Å²) in [4.78, 5) is 0.107. The number of rotatable bonds is 2. The first-order valence-corrected chi connectivity index (χ1v) is 6.88. The van der Waals surface area contributed by atoms with E-state index in [2.05, 4.69) is 48.0 Å². The lowest BCUT2D eigenvalue weighted by molar-refractivity contribution is 0.618. The van der Waals surface area contributed by atoms with Gasteiger partial charge in [0.2, 0.25) is 0 Å². The van der Waals surface area contributed by atoms with Crippen LogP contribution in [0.3, 0.4) is 0 Å². The average molecular weight is 307 g/mol. The summed E-state index contributed by atoms with van der Waals surface area (Å²) in [6.45, 7) is 6.00. The number of hydrogen-bond acceptors (Lipinski definition) is 0. The van der Waals surface area contributed by atoms with Crippen LogP contribution in [0.25, 0.3) is 0 Å². The number of hydrogen-bond donors (Lipinski definition) is 0. The molecule has 18 heavy (non-hydrogen) atoms. The van der Waals surface area contributed by atoms with Crippen LogP contribution in [0, 0.1) is 26.6 Å². The summed E-state index contributed by atoms with van der Waals surface area (Å²) >= 11 is 3.69. The molecule has 0 saturated carbocycles. The molecule has 0 fully saturated rings. The molecule has 0 aliphatic carbocycles. The molecule has 0 heterocycles. The van der Waals surface area contributed by atoms with Gasteiger partial charge in [-0.2, -0.15) is 0 Å². The minimum absolute atomic E-state index is 0.107. The highest BCUT2D eigenvalue weighted by Gasteiger charge is 2.12. The molecular formula is C16H16BrF. The van der Waals surface area contributed by atoms with E-state index in [1.165, 1.54) is 22.8 Å². The molecular weight excluding hydrogens is 291 g/mol. The second-order valence-electron chi connectivity index (χ2n) is 4.71. The third-order valence-corrected chi connectivity index (χ3v) is 4.36. The van der Waals surface area contributed by atoms with Gasteiger partial charge < -0.3 is 0 Å². The summed E-state index contributed by atoms with van der Waals surface area (Å²) < 4.78 is 13.3. The van der Waals surface area contributed by atoms with E-state index in [1.807, 2.05) is 12.1 Å². The Bertz CT molecular complexity index is 524. The van der Waals surface area contributed by atoms with Crippen molar-refractivity contribution in [1.82, 2.24) is 0 Å². The Balaban J connectivity index is 2.37. The van der Waals surface area contributed by atoms with Gasteiger partial charge in [-0.15, -0.1) is 0 Å². The topological polar surface area (TPSA) is 0 Å². The van der Waals surface area contributed by atoms with Crippen molar-refractivity contribution in [1.29, 1.82) is 0 Å². The molecule has 1 unspecified atom stereocenters. The fourth-order valence-electron chi connectivity index (χ4n) is 1.94. The minimum Gasteiger partial charge on any atom is -0.207 e. The Morgan fingerprint density at radius 3 is 1.94 bits per heavy atom. The van der Waals surface area contributed by atoms with Crippen molar-refractivity contribution in [2.75, 3.05) is 0 Å². The highest BCUT2D eigenvalue weighted by molar-refractivity contribution is 9.09. The van der Waals surface area contributed by atoms with Crippen LogP contribution in [-0.4, -0.2) is 0 Å². The van der Waals surface area contributed by atoms with Crippen molar-refractivity contribution in [3.8, 4) is 0 Å². The van der Waals surface area contributed by atoms with Gasteiger partial charge in [0.15, 0.2) is 0 Å². The number of benzene rings is 2. The summed E-state index contributed by atoms with van der Waals surface area (Å²) in [7, 11) is 0. The second-order valence-corrected chi connectivity index (χ2v) is 5.63. The summed E-state index contributed by atoms with van der Waals surface area (Å²) in [6.07, 6.45) is 0. The minimum atomic E-state index is -0.154. The molecule has 0 nitrogen and oxygen atoms in total. The van der Waals surface area contributed by atoms with E-state index >= 15 is 0 Å². The maximum atomic E-state index is 13.3. The van der Waals surface area contributed by atoms with Gasteiger partial charge in [0.05, 0.1) is 4.83 Å². The van der Waals surface area contributed by atoms with E-state index in [1.54, 1.807) is 6.92 Å². The molecule has 2 heteroatoms. The average Bonchev–Trinajstić information content (AvgIpc) is 2.35. The zero-order chi connectivity index (χ0) is 13.3. The lowest BCUT2D eigenvalue weighted by Crippen LogP contribution is -1.96. The molecule has 0 amide bonds. The van der Waals surface area contributed by atoms with Crippen LogP contribution in [0.1, 0.15) is 32.6 Å². The molecule has 2 aromatic carbocycles. The molecule has 0 N–H and O–H groups in total. The standard InChI is InChI=1S/C16H16BrF/c1-10-4-5-13(8-11(10)2)16(17)14-6-7-15(18)12(3)9-14/h4-9,16H,1-3H3. The lowest BCUT2D eigenvalue weighted by atomic mass is 9.99. The van der Waals surface area contributed by atoms with E-state index in [0.717, 1.165) is 5.56 Å². The fraction of sp³-hybridized carbons (Fsp3) is 0.250. The van der Waals surface area contributed by atoms with Gasteiger partial charge in [0, 0.05) is 0 Å². The number of aryl methyl sites for hydroxylation is 3. The second kappa shape index (κ2) is 5.23. The van der Waals surface area contributed by atoms with Gasteiger partial charge in [-0.3, -0.25) is 0 Å². The largest absolute Gasteiger partial charge is 0.207 e. The Kier molecular flexibility index (Phi) is 3.86. The number of halogens is 2. The summed E-state index contributed by atoms with van der Waals surface area (Å²) in [5, 5.41) is 0. The lowest BCUT2D eigenvalue weighted by Gasteiger charge is -2.13. The summed E-state index contributed by atoms with van der Waals surface area (Å²) in [5.74, 6) is -0.154. The van der Waals surface area contributed by atoms with Crippen molar-refractivity contribution in [2.24, 2.45) is 0 Å². The highest BCUT2D eigenvalue weighted by Crippen LogP contribution is 2.32. The molecule has 0 aromatic heterocycles. The first kappa shape index (κ1) is 13.3. The van der Waals surface area contributed by atoms with Crippen LogP contribution in [-0.2, 0) is 0 Å². The summed E-state index contributed by atoms with van der Waals surface area (Å²) in [6, 6.07) is 11.7. The molecule has 0 radical (unpaired) electrons. The normalized spacial score (nSPS) is 12.5. The van der Waals surface area contributed by atoms with Crippen LogP contribution < -0.4 is 0 Å². The van der Waals surface area contributed by atoms with Crippen LogP contribution in [0.15, 0.2) is 36.4 Å². The highest BCUT2D eigenvalue weighted by atomic mass is 79.9. The van der Waals surface area contributed by atoms with Gasteiger partial charge in [0.1, 0.15) is 5.82 Å². The van der Waals surface area contributed by atoms with Gasteiger partial charge in [0.25, 0.3) is 0 Å². The molecule has 0 spiro atoms. The van der Waals surface area contributed by atoms with Crippen LogP contribution in [0.2, 0.25) is 0 Å². The third kappa shape index (κ3) is 2.64. The van der Waals surface area contributed by atoms with Gasteiger partial charge in [-0.05, 0) is 54.7 Å². The van der Waals surface area contributed by atoms with E-state index in [-0.39, 0.29) is 10.6 Å². The first-order valence-electron chi connectivity index (χ1n) is 5.96. The Labute approximate surface area is 116 Å². The SMILES string of the molecule is Cc1ccc(C(Br)c2ccc(F)c(C)c2)cc1C. The predicted molar refractivity (Wildman–Crippen MR) is 77.8 cm³/mol. The van der Waals surface area contributed by atoms with E-state index in [4.69, 9.17) is 0 Å². The molecule has 1 atom stereocenters. The predicted octanol–water partition coefficient (Wildman–Crippen LogP) is 5.24. The fourth-order valence-corrected chi connectivity index (χ4v) is 2.51. The molecule has 0 saturated heterocycles. The van der Waals surface area contributed by atoms with Gasteiger partial charge >= 0.3 is 0 Å². The molecule has 94 valence electrons. The van der Waals surface area contributed by atoms with E-state index < -0.39 is 0 Å². The van der Waals surface area contributed by atoms with E-state index in [9.17, 15) is 4.39 Å². The molecule has 0 aliphatic heterocycles. The monoisotopic (exact) mass is 306 g/mol. The first-order chi connectivity index (χ1) is 8.49. The zero-order valence-corrected chi connectivity index (χ0v) is 12.4. The smallest absolute Gasteiger partial charge is 0.126 e.